The fourth-order valence-corrected chi connectivity index (χ4v) is 2.69. The number of benzene rings is 2. The van der Waals surface area contributed by atoms with Crippen LogP contribution < -0.4 is 19.5 Å². The maximum absolute atomic E-state index is 12.1. The van der Waals surface area contributed by atoms with Crippen LogP contribution in [0.15, 0.2) is 67.0 Å². The van der Waals surface area contributed by atoms with E-state index in [9.17, 15) is 4.79 Å². The minimum atomic E-state index is -0.190. The summed E-state index contributed by atoms with van der Waals surface area (Å²) in [4.78, 5) is 16.1. The predicted molar refractivity (Wildman–Crippen MR) is 110 cm³/mol. The van der Waals surface area contributed by atoms with E-state index < -0.39 is 0 Å². The SMILES string of the molecule is COc1cc(CNC(=O)COc2ccccc2C)ccc1OCc1ccncc1. The third kappa shape index (κ3) is 5.97. The smallest absolute Gasteiger partial charge is 0.258 e. The van der Waals surface area contributed by atoms with Crippen LogP contribution in [-0.4, -0.2) is 24.6 Å². The fourth-order valence-electron chi connectivity index (χ4n) is 2.69. The van der Waals surface area contributed by atoms with Gasteiger partial charge in [-0.3, -0.25) is 9.78 Å². The number of carbonyl (C=O) groups is 1. The highest BCUT2D eigenvalue weighted by molar-refractivity contribution is 5.77. The van der Waals surface area contributed by atoms with E-state index in [1.165, 1.54) is 0 Å². The van der Waals surface area contributed by atoms with Gasteiger partial charge in [0.1, 0.15) is 12.4 Å². The van der Waals surface area contributed by atoms with E-state index in [4.69, 9.17) is 14.2 Å². The van der Waals surface area contributed by atoms with Crippen LogP contribution in [0.1, 0.15) is 16.7 Å². The molecule has 0 aliphatic carbocycles. The highest BCUT2D eigenvalue weighted by atomic mass is 16.5. The molecule has 0 spiro atoms. The molecule has 1 N–H and O–H groups in total. The first kappa shape index (κ1) is 20.2. The molecule has 0 atom stereocenters. The van der Waals surface area contributed by atoms with Crippen LogP contribution in [0, 0.1) is 6.92 Å². The van der Waals surface area contributed by atoms with Gasteiger partial charge in [0.25, 0.3) is 5.91 Å². The van der Waals surface area contributed by atoms with E-state index in [2.05, 4.69) is 10.3 Å². The summed E-state index contributed by atoms with van der Waals surface area (Å²) in [6, 6.07) is 17.0. The van der Waals surface area contributed by atoms with E-state index in [0.717, 1.165) is 16.7 Å². The van der Waals surface area contributed by atoms with Gasteiger partial charge < -0.3 is 19.5 Å². The van der Waals surface area contributed by atoms with Crippen LogP contribution in [0.25, 0.3) is 0 Å². The molecule has 1 heterocycles. The highest BCUT2D eigenvalue weighted by Crippen LogP contribution is 2.28. The average Bonchev–Trinajstić information content (AvgIpc) is 2.76. The van der Waals surface area contributed by atoms with Crippen molar-refractivity contribution in [3.8, 4) is 17.2 Å². The van der Waals surface area contributed by atoms with Crippen molar-refractivity contribution in [2.45, 2.75) is 20.1 Å². The minimum Gasteiger partial charge on any atom is -0.493 e. The van der Waals surface area contributed by atoms with Gasteiger partial charge >= 0.3 is 0 Å². The fraction of sp³-hybridized carbons (Fsp3) is 0.217. The third-order valence-corrected chi connectivity index (χ3v) is 4.31. The van der Waals surface area contributed by atoms with Gasteiger partial charge in [-0.1, -0.05) is 24.3 Å². The number of carbonyl (C=O) groups excluding carboxylic acids is 1. The molecular weight excluding hydrogens is 368 g/mol. The third-order valence-electron chi connectivity index (χ3n) is 4.31. The molecule has 6 heteroatoms. The van der Waals surface area contributed by atoms with Crippen molar-refractivity contribution < 1.29 is 19.0 Å². The van der Waals surface area contributed by atoms with E-state index in [-0.39, 0.29) is 12.5 Å². The van der Waals surface area contributed by atoms with Crippen LogP contribution in [0.2, 0.25) is 0 Å². The molecule has 3 rings (SSSR count). The summed E-state index contributed by atoms with van der Waals surface area (Å²) in [5.41, 5.74) is 2.92. The molecule has 1 amide bonds. The maximum atomic E-state index is 12.1. The lowest BCUT2D eigenvalue weighted by molar-refractivity contribution is -0.123. The second kappa shape index (κ2) is 10.1. The first-order valence-electron chi connectivity index (χ1n) is 9.29. The Morgan fingerprint density at radius 3 is 2.48 bits per heavy atom. The molecule has 2 aromatic carbocycles. The van der Waals surface area contributed by atoms with Crippen molar-refractivity contribution in [1.29, 1.82) is 0 Å². The molecule has 0 bridgehead atoms. The zero-order valence-corrected chi connectivity index (χ0v) is 16.6. The number of hydrogen-bond donors (Lipinski definition) is 1. The molecule has 0 aliphatic rings. The molecule has 0 radical (unpaired) electrons. The number of methoxy groups -OCH3 is 1. The molecule has 0 saturated heterocycles. The number of aryl methyl sites for hydroxylation is 1. The first-order chi connectivity index (χ1) is 14.2. The van der Waals surface area contributed by atoms with Crippen molar-refractivity contribution in [2.75, 3.05) is 13.7 Å². The Morgan fingerprint density at radius 1 is 0.931 bits per heavy atom. The number of para-hydroxylation sites is 1. The maximum Gasteiger partial charge on any atom is 0.258 e. The Kier molecular flexibility index (Phi) is 7.05. The molecule has 3 aromatic rings. The average molecular weight is 392 g/mol. The lowest BCUT2D eigenvalue weighted by atomic mass is 10.2. The number of ether oxygens (including phenoxy) is 3. The molecule has 1 aromatic heterocycles. The summed E-state index contributed by atoms with van der Waals surface area (Å²) < 4.78 is 16.8. The van der Waals surface area contributed by atoms with Gasteiger partial charge in [0.05, 0.1) is 7.11 Å². The Balaban J connectivity index is 1.51. The standard InChI is InChI=1S/C23H24N2O4/c1-17-5-3-4-6-20(17)29-16-23(26)25-14-19-7-8-21(22(13-19)27-2)28-15-18-9-11-24-12-10-18/h3-13H,14-16H2,1-2H3,(H,25,26). The normalized spacial score (nSPS) is 10.3. The number of nitrogens with one attached hydrogen (secondary N) is 1. The summed E-state index contributed by atoms with van der Waals surface area (Å²) in [5, 5.41) is 2.85. The van der Waals surface area contributed by atoms with Crippen molar-refractivity contribution in [3.05, 3.63) is 83.7 Å². The van der Waals surface area contributed by atoms with E-state index >= 15 is 0 Å². The molecule has 150 valence electrons. The summed E-state index contributed by atoms with van der Waals surface area (Å²) in [6.07, 6.45) is 3.45. The van der Waals surface area contributed by atoms with Crippen molar-refractivity contribution in [3.63, 3.8) is 0 Å². The van der Waals surface area contributed by atoms with Gasteiger partial charge in [0.15, 0.2) is 18.1 Å². The summed E-state index contributed by atoms with van der Waals surface area (Å²) in [5.74, 6) is 1.77. The molecule has 0 fully saturated rings. The van der Waals surface area contributed by atoms with Gasteiger partial charge in [-0.05, 0) is 53.9 Å². The van der Waals surface area contributed by atoms with E-state index in [1.807, 2.05) is 61.5 Å². The number of nitrogens with zero attached hydrogens (tertiary/aromatic N) is 1. The van der Waals surface area contributed by atoms with Gasteiger partial charge in [-0.25, -0.2) is 0 Å². The second-order valence-corrected chi connectivity index (χ2v) is 6.46. The van der Waals surface area contributed by atoms with Crippen LogP contribution in [0.4, 0.5) is 0 Å². The Hall–Kier alpha value is -3.54. The van der Waals surface area contributed by atoms with E-state index in [1.54, 1.807) is 19.5 Å². The monoisotopic (exact) mass is 392 g/mol. The molecule has 0 unspecified atom stereocenters. The number of rotatable bonds is 9. The minimum absolute atomic E-state index is 0.0326. The Morgan fingerprint density at radius 2 is 1.72 bits per heavy atom. The Labute approximate surface area is 170 Å². The zero-order chi connectivity index (χ0) is 20.5. The number of hydrogen-bond acceptors (Lipinski definition) is 5. The van der Waals surface area contributed by atoms with Gasteiger partial charge in [-0.15, -0.1) is 0 Å². The summed E-state index contributed by atoms with van der Waals surface area (Å²) >= 11 is 0. The number of amides is 1. The molecule has 0 saturated carbocycles. The Bertz CT molecular complexity index is 945. The van der Waals surface area contributed by atoms with Crippen LogP contribution in [0.5, 0.6) is 17.2 Å². The molecule has 6 nitrogen and oxygen atoms in total. The quantitative estimate of drug-likeness (QED) is 0.602. The second-order valence-electron chi connectivity index (χ2n) is 6.46. The number of aromatic nitrogens is 1. The molecule has 0 aliphatic heterocycles. The zero-order valence-electron chi connectivity index (χ0n) is 16.6. The van der Waals surface area contributed by atoms with Crippen molar-refractivity contribution in [2.24, 2.45) is 0 Å². The molecule has 29 heavy (non-hydrogen) atoms. The highest BCUT2D eigenvalue weighted by Gasteiger charge is 2.09. The predicted octanol–water partition coefficient (Wildman–Crippen LogP) is 3.67. The van der Waals surface area contributed by atoms with Crippen molar-refractivity contribution >= 4 is 5.91 Å². The van der Waals surface area contributed by atoms with Crippen LogP contribution >= 0.6 is 0 Å². The van der Waals surface area contributed by atoms with Crippen LogP contribution in [0.3, 0.4) is 0 Å². The van der Waals surface area contributed by atoms with Crippen LogP contribution in [-0.2, 0) is 17.9 Å². The topological polar surface area (TPSA) is 69.7 Å². The van der Waals surface area contributed by atoms with E-state index in [0.29, 0.717) is 30.4 Å². The van der Waals surface area contributed by atoms with Gasteiger partial charge in [-0.2, -0.15) is 0 Å². The van der Waals surface area contributed by atoms with Gasteiger partial charge in [0.2, 0.25) is 0 Å². The lowest BCUT2D eigenvalue weighted by Crippen LogP contribution is -2.28. The van der Waals surface area contributed by atoms with Gasteiger partial charge in [0, 0.05) is 18.9 Å². The van der Waals surface area contributed by atoms with Crippen molar-refractivity contribution in [1.82, 2.24) is 10.3 Å². The largest absolute Gasteiger partial charge is 0.493 e. The lowest BCUT2D eigenvalue weighted by Gasteiger charge is -2.13. The number of pyridine rings is 1. The first-order valence-corrected chi connectivity index (χ1v) is 9.29. The summed E-state index contributed by atoms with van der Waals surface area (Å²) in [7, 11) is 1.59. The summed E-state index contributed by atoms with van der Waals surface area (Å²) in [6.45, 7) is 2.70. The molecular formula is C23H24N2O4.